The summed E-state index contributed by atoms with van der Waals surface area (Å²) in [6.45, 7) is 5.59. The van der Waals surface area contributed by atoms with Crippen molar-refractivity contribution < 1.29 is 4.74 Å². The number of hydrogen-bond acceptors (Lipinski definition) is 3. The predicted octanol–water partition coefficient (Wildman–Crippen LogP) is 3.68. The molecule has 24 heavy (non-hydrogen) atoms. The maximum Gasteiger partial charge on any atom is 0.125 e. The lowest BCUT2D eigenvalue weighted by Crippen LogP contribution is -2.45. The smallest absolute Gasteiger partial charge is 0.125 e. The molecule has 2 unspecified atom stereocenters. The number of fused-ring (bicyclic) bond motifs is 1. The molecule has 0 saturated carbocycles. The second-order valence-corrected chi connectivity index (χ2v) is 6.85. The molecule has 2 atom stereocenters. The van der Waals surface area contributed by atoms with Crippen molar-refractivity contribution in [2.75, 3.05) is 26.3 Å². The first kappa shape index (κ1) is 15.8. The second kappa shape index (κ2) is 6.67. The maximum atomic E-state index is 6.35. The maximum absolute atomic E-state index is 6.35. The molecule has 1 aromatic rings. The number of allylic oxidation sites excluding steroid dienone is 5. The first-order valence-corrected chi connectivity index (χ1v) is 8.88. The number of hydrogen-bond donors (Lipinski definition) is 0. The minimum absolute atomic E-state index is 0.0766. The topological polar surface area (TPSA) is 24.8 Å². The van der Waals surface area contributed by atoms with Gasteiger partial charge in [0.05, 0.1) is 24.3 Å². The Labute approximate surface area is 148 Å². The molecule has 0 radical (unpaired) electrons. The van der Waals surface area contributed by atoms with Crippen molar-refractivity contribution >= 4 is 22.9 Å². The lowest BCUT2D eigenvalue weighted by Gasteiger charge is -2.37. The Morgan fingerprint density at radius 3 is 2.67 bits per heavy atom. The Morgan fingerprint density at radius 1 is 1.17 bits per heavy atom. The molecular weight excluding hydrogens is 320 g/mol. The van der Waals surface area contributed by atoms with E-state index in [9.17, 15) is 0 Å². The molecule has 3 aliphatic rings. The van der Waals surface area contributed by atoms with Crippen LogP contribution >= 0.6 is 11.6 Å². The molecule has 4 heteroatoms. The molecule has 0 bridgehead atoms. The van der Waals surface area contributed by atoms with Crippen molar-refractivity contribution in [3.05, 3.63) is 65.3 Å². The van der Waals surface area contributed by atoms with Crippen LogP contribution in [-0.4, -0.2) is 48.5 Å². The van der Waals surface area contributed by atoms with Crippen LogP contribution in [0.5, 0.6) is 0 Å². The van der Waals surface area contributed by atoms with Gasteiger partial charge in [0, 0.05) is 18.7 Å². The number of alkyl halides is 1. The number of rotatable bonds is 2. The van der Waals surface area contributed by atoms with Crippen molar-refractivity contribution in [1.82, 2.24) is 4.90 Å². The number of morpholine rings is 1. The van der Waals surface area contributed by atoms with E-state index in [0.717, 1.165) is 37.6 Å². The summed E-state index contributed by atoms with van der Waals surface area (Å²) in [6.07, 6.45) is 6.26. The van der Waals surface area contributed by atoms with Crippen molar-refractivity contribution in [2.45, 2.75) is 18.5 Å². The van der Waals surface area contributed by atoms with Gasteiger partial charge in [0.1, 0.15) is 6.17 Å². The van der Waals surface area contributed by atoms with Gasteiger partial charge in [-0.15, -0.1) is 11.6 Å². The van der Waals surface area contributed by atoms with Crippen molar-refractivity contribution in [1.29, 1.82) is 0 Å². The highest BCUT2D eigenvalue weighted by Gasteiger charge is 2.31. The fraction of sp³-hybridized carbons (Fsp3) is 0.350. The molecule has 1 saturated heterocycles. The average molecular weight is 341 g/mol. The zero-order chi connectivity index (χ0) is 16.5. The normalized spacial score (nSPS) is 27.6. The third kappa shape index (κ3) is 2.88. The van der Waals surface area contributed by atoms with Crippen LogP contribution in [0.2, 0.25) is 0 Å². The van der Waals surface area contributed by atoms with Gasteiger partial charge in [-0.25, -0.2) is 0 Å². The summed E-state index contributed by atoms with van der Waals surface area (Å²) in [7, 11) is 0. The Balaban J connectivity index is 1.82. The Morgan fingerprint density at radius 2 is 1.92 bits per heavy atom. The highest BCUT2D eigenvalue weighted by molar-refractivity contribution is 6.28. The van der Waals surface area contributed by atoms with Crippen LogP contribution in [0, 0.1) is 0 Å². The van der Waals surface area contributed by atoms with E-state index in [2.05, 4.69) is 54.3 Å². The molecule has 4 rings (SSSR count). The number of dihydropyridines is 1. The van der Waals surface area contributed by atoms with Gasteiger partial charge in [-0.1, -0.05) is 42.5 Å². The summed E-state index contributed by atoms with van der Waals surface area (Å²) in [5, 5.41) is -0.0783. The molecule has 3 nitrogen and oxygen atoms in total. The molecule has 1 fully saturated rings. The van der Waals surface area contributed by atoms with Crippen LogP contribution in [-0.2, 0) is 4.74 Å². The Kier molecular flexibility index (Phi) is 4.40. The summed E-state index contributed by atoms with van der Waals surface area (Å²) in [6, 6.07) is 10.6. The van der Waals surface area contributed by atoms with Gasteiger partial charge in [0.15, 0.2) is 0 Å². The molecule has 0 N–H and O–H groups in total. The van der Waals surface area contributed by atoms with Gasteiger partial charge >= 0.3 is 0 Å². The molecule has 0 aromatic heterocycles. The van der Waals surface area contributed by atoms with E-state index in [-0.39, 0.29) is 11.5 Å². The Hall–Kier alpha value is -1.68. The van der Waals surface area contributed by atoms with Crippen LogP contribution in [0.1, 0.15) is 12.5 Å². The summed E-state index contributed by atoms with van der Waals surface area (Å²) in [5.74, 6) is 0. The molecule has 124 valence electrons. The first-order chi connectivity index (χ1) is 11.7. The van der Waals surface area contributed by atoms with Crippen molar-refractivity contribution in [3.8, 4) is 0 Å². The quantitative estimate of drug-likeness (QED) is 0.767. The van der Waals surface area contributed by atoms with Crippen molar-refractivity contribution in [3.63, 3.8) is 0 Å². The van der Waals surface area contributed by atoms with E-state index in [4.69, 9.17) is 21.3 Å². The second-order valence-electron chi connectivity index (χ2n) is 6.34. The standard InChI is InChI=1S/C20H21ClN2O/c1-14-19(15-5-3-2-4-6-15)17-13-16(21)7-8-18(17)22-20(14)23-9-11-24-12-10-23/h2-8,13,16,20H,9-12H2,1H3. The number of halogens is 1. The van der Waals surface area contributed by atoms with E-state index in [1.54, 1.807) is 0 Å². The minimum Gasteiger partial charge on any atom is -0.379 e. The van der Waals surface area contributed by atoms with E-state index >= 15 is 0 Å². The lowest BCUT2D eigenvalue weighted by molar-refractivity contribution is 0.0252. The zero-order valence-corrected chi connectivity index (χ0v) is 14.5. The number of ether oxygens (including phenoxy) is 1. The van der Waals surface area contributed by atoms with Crippen LogP contribution in [0.4, 0.5) is 0 Å². The van der Waals surface area contributed by atoms with Gasteiger partial charge in [-0.3, -0.25) is 9.89 Å². The molecule has 0 amide bonds. The predicted molar refractivity (Wildman–Crippen MR) is 99.5 cm³/mol. The van der Waals surface area contributed by atoms with Crippen LogP contribution in [0.25, 0.3) is 5.57 Å². The third-order valence-corrected chi connectivity index (χ3v) is 5.08. The van der Waals surface area contributed by atoms with E-state index in [0.29, 0.717) is 0 Å². The SMILES string of the molecule is CC1=C(c2ccccc2)C2=CC(Cl)C=CC2=NC1N1CCOCC1. The van der Waals surface area contributed by atoms with Crippen molar-refractivity contribution in [2.24, 2.45) is 4.99 Å². The fourth-order valence-electron chi connectivity index (χ4n) is 3.63. The molecular formula is C20H21ClN2O. The lowest BCUT2D eigenvalue weighted by atomic mass is 9.84. The summed E-state index contributed by atoms with van der Waals surface area (Å²) in [5.41, 5.74) is 5.98. The Bertz CT molecular complexity index is 742. The molecule has 1 aliphatic carbocycles. The van der Waals surface area contributed by atoms with E-state index in [1.165, 1.54) is 16.7 Å². The highest BCUT2D eigenvalue weighted by Crippen LogP contribution is 2.37. The largest absolute Gasteiger partial charge is 0.379 e. The summed E-state index contributed by atoms with van der Waals surface area (Å²) < 4.78 is 5.51. The molecule has 2 heterocycles. The number of aliphatic imine (C=N–C) groups is 1. The monoisotopic (exact) mass is 340 g/mol. The average Bonchev–Trinajstić information content (AvgIpc) is 2.63. The van der Waals surface area contributed by atoms with Crippen LogP contribution < -0.4 is 0 Å². The van der Waals surface area contributed by atoms with Gasteiger partial charge in [0.2, 0.25) is 0 Å². The molecule has 1 aromatic carbocycles. The minimum atomic E-state index is -0.0783. The third-order valence-electron chi connectivity index (χ3n) is 4.81. The highest BCUT2D eigenvalue weighted by atomic mass is 35.5. The van der Waals surface area contributed by atoms with Gasteiger partial charge in [-0.2, -0.15) is 0 Å². The molecule has 0 spiro atoms. The number of nitrogens with zero attached hydrogens (tertiary/aromatic N) is 2. The van der Waals surface area contributed by atoms with Crippen LogP contribution in [0.3, 0.4) is 0 Å². The fourth-order valence-corrected chi connectivity index (χ4v) is 3.83. The van der Waals surface area contributed by atoms with Gasteiger partial charge < -0.3 is 4.74 Å². The van der Waals surface area contributed by atoms with E-state index < -0.39 is 0 Å². The molecule has 2 aliphatic heterocycles. The summed E-state index contributed by atoms with van der Waals surface area (Å²) >= 11 is 6.35. The van der Waals surface area contributed by atoms with Gasteiger partial charge in [-0.05, 0) is 29.7 Å². The first-order valence-electron chi connectivity index (χ1n) is 8.44. The van der Waals surface area contributed by atoms with Crippen LogP contribution in [0.15, 0.2) is 64.7 Å². The van der Waals surface area contributed by atoms with E-state index in [1.807, 2.05) is 6.08 Å². The number of benzene rings is 1. The summed E-state index contributed by atoms with van der Waals surface area (Å²) in [4.78, 5) is 7.44. The van der Waals surface area contributed by atoms with Gasteiger partial charge in [0.25, 0.3) is 0 Å². The zero-order valence-electron chi connectivity index (χ0n) is 13.8.